The Labute approximate surface area is 214 Å². The zero-order chi connectivity index (χ0) is 25.2. The average molecular weight is 485 g/mol. The van der Waals surface area contributed by atoms with Crippen molar-refractivity contribution in [3.05, 3.63) is 95.7 Å². The van der Waals surface area contributed by atoms with Crippen molar-refractivity contribution >= 4 is 17.6 Å². The van der Waals surface area contributed by atoms with Crippen molar-refractivity contribution < 1.29 is 9.59 Å². The molecule has 2 amide bonds. The first-order valence-corrected chi connectivity index (χ1v) is 13.0. The van der Waals surface area contributed by atoms with Crippen LogP contribution >= 0.6 is 0 Å². The van der Waals surface area contributed by atoms with Crippen molar-refractivity contribution in [2.75, 3.05) is 37.6 Å². The smallest absolute Gasteiger partial charge is 0.252 e. The molecule has 6 heteroatoms. The summed E-state index contributed by atoms with van der Waals surface area (Å²) in [5.74, 6) is 0.867. The number of carbonyl (C=O) groups excluding carboxylic acids is 2. The summed E-state index contributed by atoms with van der Waals surface area (Å²) >= 11 is 0. The number of rotatable bonds is 10. The number of hydrogen-bond acceptors (Lipinski definition) is 4. The molecule has 1 unspecified atom stereocenters. The lowest BCUT2D eigenvalue weighted by atomic mass is 9.95. The number of pyridine rings is 1. The molecule has 1 N–H and O–H groups in total. The Bertz CT molecular complexity index is 1090. The standard InChI is InChI=1S/C30H36N4O2/c1-2-27(25-14-7-4-8-15-25)30(36)34-21-19-33(20-22-34)28-17-16-26(23-32-28)29(35)31-18-10-9-13-24-11-5-3-6-12-24/h3-8,11-12,14-17,23,27H,2,9-10,13,18-22H2,1H3,(H,31,35). The third-order valence-electron chi connectivity index (χ3n) is 6.85. The predicted octanol–water partition coefficient (Wildman–Crippen LogP) is 4.68. The molecule has 1 aliphatic heterocycles. The molecule has 36 heavy (non-hydrogen) atoms. The van der Waals surface area contributed by atoms with Crippen LogP contribution < -0.4 is 10.2 Å². The maximum Gasteiger partial charge on any atom is 0.252 e. The van der Waals surface area contributed by atoms with Crippen molar-refractivity contribution in [3.63, 3.8) is 0 Å². The minimum atomic E-state index is -0.0907. The molecule has 2 aromatic carbocycles. The van der Waals surface area contributed by atoms with Crippen LogP contribution in [0.1, 0.15) is 53.6 Å². The fourth-order valence-electron chi connectivity index (χ4n) is 4.72. The SMILES string of the molecule is CCC(C(=O)N1CCN(c2ccc(C(=O)NCCCCc3ccccc3)cn2)CC1)c1ccccc1. The van der Waals surface area contributed by atoms with E-state index in [1.165, 1.54) is 5.56 Å². The normalized spacial score (nSPS) is 14.4. The molecule has 6 nitrogen and oxygen atoms in total. The molecule has 1 saturated heterocycles. The van der Waals surface area contributed by atoms with E-state index in [2.05, 4.69) is 46.4 Å². The van der Waals surface area contributed by atoms with Crippen LogP contribution in [0.5, 0.6) is 0 Å². The second-order valence-electron chi connectivity index (χ2n) is 9.29. The number of anilines is 1. The lowest BCUT2D eigenvalue weighted by molar-refractivity contribution is -0.133. The van der Waals surface area contributed by atoms with E-state index in [0.717, 1.165) is 50.2 Å². The molecule has 188 valence electrons. The lowest BCUT2D eigenvalue weighted by Crippen LogP contribution is -2.50. The number of hydrogen-bond donors (Lipinski definition) is 1. The Morgan fingerprint density at radius 1 is 0.889 bits per heavy atom. The van der Waals surface area contributed by atoms with Crippen LogP contribution in [0.25, 0.3) is 0 Å². The molecule has 1 aliphatic rings. The fourth-order valence-corrected chi connectivity index (χ4v) is 4.72. The van der Waals surface area contributed by atoms with Crippen LogP contribution in [0.4, 0.5) is 5.82 Å². The molecule has 0 saturated carbocycles. The predicted molar refractivity (Wildman–Crippen MR) is 144 cm³/mol. The Kier molecular flexibility index (Phi) is 9.09. The highest BCUT2D eigenvalue weighted by molar-refractivity contribution is 5.94. The summed E-state index contributed by atoms with van der Waals surface area (Å²) in [6, 6.07) is 24.2. The molecule has 3 aromatic rings. The number of nitrogens with zero attached hydrogens (tertiary/aromatic N) is 3. The Hall–Kier alpha value is -3.67. The van der Waals surface area contributed by atoms with Gasteiger partial charge in [0.25, 0.3) is 5.91 Å². The molecule has 0 spiro atoms. The first kappa shape index (κ1) is 25.4. The van der Waals surface area contributed by atoms with Gasteiger partial charge >= 0.3 is 0 Å². The maximum atomic E-state index is 13.1. The van der Waals surface area contributed by atoms with Gasteiger partial charge in [-0.1, -0.05) is 67.6 Å². The molecular weight excluding hydrogens is 448 g/mol. The highest BCUT2D eigenvalue weighted by atomic mass is 16.2. The zero-order valence-electron chi connectivity index (χ0n) is 21.1. The summed E-state index contributed by atoms with van der Waals surface area (Å²) in [6.07, 6.45) is 5.45. The van der Waals surface area contributed by atoms with Gasteiger partial charge in [0.1, 0.15) is 5.82 Å². The molecule has 4 rings (SSSR count). The number of carbonyl (C=O) groups is 2. The molecular formula is C30H36N4O2. The first-order valence-electron chi connectivity index (χ1n) is 13.0. The van der Waals surface area contributed by atoms with Crippen LogP contribution in [0.3, 0.4) is 0 Å². The van der Waals surface area contributed by atoms with Crippen LogP contribution in [-0.2, 0) is 11.2 Å². The highest BCUT2D eigenvalue weighted by Crippen LogP contribution is 2.23. The second-order valence-corrected chi connectivity index (χ2v) is 9.29. The summed E-state index contributed by atoms with van der Waals surface area (Å²) < 4.78 is 0. The second kappa shape index (κ2) is 12.9. The van der Waals surface area contributed by atoms with Gasteiger partial charge in [0.15, 0.2) is 0 Å². The Morgan fingerprint density at radius 3 is 2.22 bits per heavy atom. The Morgan fingerprint density at radius 2 is 1.58 bits per heavy atom. The van der Waals surface area contributed by atoms with Crippen molar-refractivity contribution in [1.82, 2.24) is 15.2 Å². The highest BCUT2D eigenvalue weighted by Gasteiger charge is 2.27. The molecule has 1 aromatic heterocycles. The summed E-state index contributed by atoms with van der Waals surface area (Å²) in [4.78, 5) is 34.3. The third-order valence-corrected chi connectivity index (χ3v) is 6.85. The quantitative estimate of drug-likeness (QED) is 0.425. The number of nitrogens with one attached hydrogen (secondary N) is 1. The molecule has 1 atom stereocenters. The van der Waals surface area contributed by atoms with Gasteiger partial charge in [0.2, 0.25) is 5.91 Å². The van der Waals surface area contributed by atoms with E-state index in [1.54, 1.807) is 6.20 Å². The van der Waals surface area contributed by atoms with E-state index >= 15 is 0 Å². The topological polar surface area (TPSA) is 65.5 Å². The molecule has 2 heterocycles. The average Bonchev–Trinajstić information content (AvgIpc) is 2.94. The number of benzene rings is 2. The van der Waals surface area contributed by atoms with E-state index in [-0.39, 0.29) is 17.7 Å². The Balaban J connectivity index is 1.21. The van der Waals surface area contributed by atoms with Gasteiger partial charge in [-0.2, -0.15) is 0 Å². The minimum Gasteiger partial charge on any atom is -0.353 e. The number of aryl methyl sites for hydroxylation is 1. The summed E-state index contributed by atoms with van der Waals surface area (Å²) in [5, 5.41) is 3.00. The van der Waals surface area contributed by atoms with Crippen LogP contribution in [0, 0.1) is 0 Å². The zero-order valence-corrected chi connectivity index (χ0v) is 21.1. The van der Waals surface area contributed by atoms with Gasteiger partial charge in [0, 0.05) is 38.9 Å². The van der Waals surface area contributed by atoms with Gasteiger partial charge in [-0.15, -0.1) is 0 Å². The van der Waals surface area contributed by atoms with Crippen LogP contribution in [0.2, 0.25) is 0 Å². The summed E-state index contributed by atoms with van der Waals surface area (Å²) in [6.45, 7) is 5.54. The molecule has 0 aliphatic carbocycles. The van der Waals surface area contributed by atoms with E-state index in [9.17, 15) is 9.59 Å². The van der Waals surface area contributed by atoms with Crippen molar-refractivity contribution in [3.8, 4) is 0 Å². The van der Waals surface area contributed by atoms with E-state index in [0.29, 0.717) is 25.2 Å². The lowest BCUT2D eigenvalue weighted by Gasteiger charge is -2.37. The molecule has 0 radical (unpaired) electrons. The van der Waals surface area contributed by atoms with Crippen molar-refractivity contribution in [2.45, 2.75) is 38.5 Å². The molecule has 1 fully saturated rings. The fraction of sp³-hybridized carbons (Fsp3) is 0.367. The summed E-state index contributed by atoms with van der Waals surface area (Å²) in [7, 11) is 0. The summed E-state index contributed by atoms with van der Waals surface area (Å²) in [5.41, 5.74) is 2.98. The van der Waals surface area contributed by atoms with E-state index in [4.69, 9.17) is 0 Å². The molecule has 0 bridgehead atoms. The van der Waals surface area contributed by atoms with Crippen LogP contribution in [-0.4, -0.2) is 54.4 Å². The van der Waals surface area contributed by atoms with Crippen LogP contribution in [0.15, 0.2) is 79.0 Å². The van der Waals surface area contributed by atoms with Crippen molar-refractivity contribution in [1.29, 1.82) is 0 Å². The first-order chi connectivity index (χ1) is 17.7. The maximum absolute atomic E-state index is 13.1. The number of aromatic nitrogens is 1. The monoisotopic (exact) mass is 484 g/mol. The van der Waals surface area contributed by atoms with Gasteiger partial charge in [-0.25, -0.2) is 4.98 Å². The van der Waals surface area contributed by atoms with Gasteiger partial charge in [-0.3, -0.25) is 9.59 Å². The third kappa shape index (κ3) is 6.72. The van der Waals surface area contributed by atoms with Gasteiger partial charge in [0.05, 0.1) is 11.5 Å². The van der Waals surface area contributed by atoms with E-state index in [1.807, 2.05) is 53.4 Å². The van der Waals surface area contributed by atoms with E-state index < -0.39 is 0 Å². The number of unbranched alkanes of at least 4 members (excludes halogenated alkanes) is 1. The van der Waals surface area contributed by atoms with Gasteiger partial charge in [-0.05, 0) is 48.9 Å². The number of piperazine rings is 1. The largest absolute Gasteiger partial charge is 0.353 e. The van der Waals surface area contributed by atoms with Crippen molar-refractivity contribution in [2.24, 2.45) is 0 Å². The van der Waals surface area contributed by atoms with Gasteiger partial charge < -0.3 is 15.1 Å². The minimum absolute atomic E-state index is 0.0873. The number of amides is 2.